The van der Waals surface area contributed by atoms with Gasteiger partial charge in [0, 0.05) is 0 Å². The zero-order chi connectivity index (χ0) is 14.8. The van der Waals surface area contributed by atoms with Crippen molar-refractivity contribution in [3.63, 3.8) is 0 Å². The summed E-state index contributed by atoms with van der Waals surface area (Å²) in [6, 6.07) is 1.72. The minimum atomic E-state index is -4.09. The van der Waals surface area contributed by atoms with Crippen LogP contribution in [0.3, 0.4) is 0 Å². The summed E-state index contributed by atoms with van der Waals surface area (Å²) in [5, 5.41) is 4.97. The molecule has 0 saturated carbocycles. The van der Waals surface area contributed by atoms with Gasteiger partial charge >= 0.3 is 5.97 Å². The van der Waals surface area contributed by atoms with Crippen molar-refractivity contribution in [2.24, 2.45) is 11.1 Å². The molecular formula is C12H16FNO4S. The third kappa shape index (κ3) is 4.00. The fourth-order valence-electron chi connectivity index (χ4n) is 1.48. The average molecular weight is 289 g/mol. The Kier molecular flexibility index (Phi) is 4.65. The first kappa shape index (κ1) is 15.6. The highest BCUT2D eigenvalue weighted by Crippen LogP contribution is 2.21. The fraction of sp³-hybridized carbons (Fsp3) is 0.417. The van der Waals surface area contributed by atoms with Crippen molar-refractivity contribution < 1.29 is 22.3 Å². The van der Waals surface area contributed by atoms with Crippen molar-refractivity contribution >= 4 is 16.0 Å². The first-order valence-corrected chi connectivity index (χ1v) is 7.17. The molecule has 5 nitrogen and oxygen atoms in total. The number of ether oxygens (including phenoxy) is 1. The molecule has 0 radical (unpaired) electrons. The number of carbonyl (C=O) groups excluding carboxylic acids is 1. The summed E-state index contributed by atoms with van der Waals surface area (Å²) in [6.07, 6.45) is 0. The van der Waals surface area contributed by atoms with Crippen LogP contribution in [-0.4, -0.2) is 21.0 Å². The minimum Gasteiger partial charge on any atom is -0.462 e. The number of sulfonamides is 1. The maximum Gasteiger partial charge on any atom is 0.338 e. The zero-order valence-electron chi connectivity index (χ0n) is 10.9. The maximum absolute atomic E-state index is 13.4. The summed E-state index contributed by atoms with van der Waals surface area (Å²) in [7, 11) is -4.09. The summed E-state index contributed by atoms with van der Waals surface area (Å²) in [5.74, 6) is -1.50. The highest BCUT2D eigenvalue weighted by molar-refractivity contribution is 7.89. The number of hydrogen-bond donors (Lipinski definition) is 1. The molecule has 0 aliphatic carbocycles. The molecule has 0 saturated heterocycles. The summed E-state index contributed by atoms with van der Waals surface area (Å²) in [5.41, 5.74) is -0.0534. The molecule has 0 bridgehead atoms. The first-order chi connectivity index (χ1) is 8.62. The van der Waals surface area contributed by atoms with E-state index in [-0.39, 0.29) is 23.7 Å². The normalized spacial score (nSPS) is 11.7. The monoisotopic (exact) mass is 289 g/mol. The summed E-state index contributed by atoms with van der Waals surface area (Å²) in [4.78, 5) is 11.4. The van der Waals surface area contributed by atoms with Gasteiger partial charge in [0.15, 0.2) is 0 Å². The van der Waals surface area contributed by atoms with Crippen molar-refractivity contribution in [2.45, 2.75) is 25.7 Å². The van der Waals surface area contributed by atoms with Gasteiger partial charge in [0.2, 0.25) is 10.0 Å². The van der Waals surface area contributed by atoms with E-state index in [1.807, 2.05) is 13.8 Å². The van der Waals surface area contributed by atoms with Crippen LogP contribution in [-0.2, 0) is 14.8 Å². The minimum absolute atomic E-state index is 0.0812. The van der Waals surface area contributed by atoms with E-state index in [4.69, 9.17) is 9.88 Å². The van der Waals surface area contributed by atoms with Crippen LogP contribution >= 0.6 is 0 Å². The molecule has 0 spiro atoms. The van der Waals surface area contributed by atoms with Crippen LogP contribution in [0.15, 0.2) is 17.0 Å². The molecular weight excluding hydrogens is 273 g/mol. The van der Waals surface area contributed by atoms with E-state index in [0.717, 1.165) is 12.1 Å². The molecule has 106 valence electrons. The predicted octanol–water partition coefficient (Wildman–Crippen LogP) is 1.59. The molecule has 0 atom stereocenters. The van der Waals surface area contributed by atoms with Crippen molar-refractivity contribution in [1.82, 2.24) is 0 Å². The van der Waals surface area contributed by atoms with Crippen LogP contribution in [0.2, 0.25) is 0 Å². The topological polar surface area (TPSA) is 86.5 Å². The number of primary sulfonamides is 1. The van der Waals surface area contributed by atoms with E-state index >= 15 is 0 Å². The number of halogens is 1. The Balaban J connectivity index is 3.22. The molecule has 1 aromatic carbocycles. The number of carbonyl (C=O) groups is 1. The smallest absolute Gasteiger partial charge is 0.338 e. The van der Waals surface area contributed by atoms with Crippen molar-refractivity contribution in [3.8, 4) is 0 Å². The van der Waals surface area contributed by atoms with Crippen molar-refractivity contribution in [3.05, 3.63) is 29.1 Å². The Bertz CT molecular complexity index is 596. The molecule has 0 aliphatic heterocycles. The second-order valence-corrected chi connectivity index (χ2v) is 6.14. The Labute approximate surface area is 111 Å². The lowest BCUT2D eigenvalue weighted by Gasteiger charge is -2.11. The molecule has 0 unspecified atom stereocenters. The van der Waals surface area contributed by atoms with Gasteiger partial charge in [-0.15, -0.1) is 0 Å². The van der Waals surface area contributed by atoms with E-state index in [9.17, 15) is 17.6 Å². The van der Waals surface area contributed by atoms with Crippen LogP contribution < -0.4 is 5.14 Å². The Morgan fingerprint density at radius 1 is 1.42 bits per heavy atom. The molecule has 1 aromatic rings. The number of rotatable bonds is 4. The van der Waals surface area contributed by atoms with Gasteiger partial charge < -0.3 is 4.74 Å². The van der Waals surface area contributed by atoms with E-state index < -0.39 is 26.7 Å². The first-order valence-electron chi connectivity index (χ1n) is 5.63. The van der Waals surface area contributed by atoms with E-state index in [0.29, 0.717) is 0 Å². The highest BCUT2D eigenvalue weighted by Gasteiger charge is 2.21. The summed E-state index contributed by atoms with van der Waals surface area (Å²) < 4.78 is 40.9. The van der Waals surface area contributed by atoms with E-state index in [1.165, 1.54) is 6.92 Å². The summed E-state index contributed by atoms with van der Waals surface area (Å²) >= 11 is 0. The van der Waals surface area contributed by atoms with Gasteiger partial charge in [0.1, 0.15) is 5.82 Å². The molecule has 2 N–H and O–H groups in total. The molecule has 0 aromatic heterocycles. The number of nitrogens with two attached hydrogens (primary N) is 1. The van der Waals surface area contributed by atoms with Crippen LogP contribution in [0.4, 0.5) is 4.39 Å². The number of hydrogen-bond acceptors (Lipinski definition) is 4. The van der Waals surface area contributed by atoms with Gasteiger partial charge in [-0.2, -0.15) is 0 Å². The third-order valence-corrected chi connectivity index (χ3v) is 3.44. The van der Waals surface area contributed by atoms with Crippen molar-refractivity contribution in [2.75, 3.05) is 6.61 Å². The number of esters is 1. The van der Waals surface area contributed by atoms with Crippen LogP contribution in [0.25, 0.3) is 0 Å². The third-order valence-electron chi connectivity index (χ3n) is 2.40. The SMILES string of the molecule is Cc1c(C(=O)OCC(C)C)cc(F)cc1S(N)(=O)=O. The molecule has 0 fully saturated rings. The van der Waals surface area contributed by atoms with Crippen LogP contribution in [0, 0.1) is 18.7 Å². The standard InChI is InChI=1S/C12H16FNO4S/c1-7(2)6-18-12(15)10-4-9(13)5-11(8(10)3)19(14,16)17/h4-5,7H,6H2,1-3H3,(H2,14,16,17). The summed E-state index contributed by atoms with van der Waals surface area (Å²) in [6.45, 7) is 5.24. The second-order valence-electron chi connectivity index (χ2n) is 4.61. The zero-order valence-corrected chi connectivity index (χ0v) is 11.8. The Morgan fingerprint density at radius 2 is 2.00 bits per heavy atom. The lowest BCUT2D eigenvalue weighted by molar-refractivity contribution is 0.0457. The van der Waals surface area contributed by atoms with Gasteiger partial charge in [-0.05, 0) is 30.5 Å². The van der Waals surface area contributed by atoms with Crippen LogP contribution in [0.5, 0.6) is 0 Å². The van der Waals surface area contributed by atoms with Gasteiger partial charge in [-0.3, -0.25) is 0 Å². The van der Waals surface area contributed by atoms with Crippen molar-refractivity contribution in [1.29, 1.82) is 0 Å². The van der Waals surface area contributed by atoms with Gasteiger partial charge in [-0.1, -0.05) is 13.8 Å². The lowest BCUT2D eigenvalue weighted by Crippen LogP contribution is -2.18. The Morgan fingerprint density at radius 3 is 2.47 bits per heavy atom. The predicted molar refractivity (Wildman–Crippen MR) is 67.6 cm³/mol. The van der Waals surface area contributed by atoms with Gasteiger partial charge in [0.05, 0.1) is 17.1 Å². The average Bonchev–Trinajstić information content (AvgIpc) is 2.27. The molecule has 0 heterocycles. The highest BCUT2D eigenvalue weighted by atomic mass is 32.2. The van der Waals surface area contributed by atoms with E-state index in [2.05, 4.69) is 0 Å². The second kappa shape index (κ2) is 5.66. The molecule has 0 amide bonds. The molecule has 1 rings (SSSR count). The quantitative estimate of drug-likeness (QED) is 0.853. The fourth-order valence-corrected chi connectivity index (χ4v) is 2.30. The molecule has 7 heteroatoms. The van der Waals surface area contributed by atoms with Crippen LogP contribution in [0.1, 0.15) is 29.8 Å². The maximum atomic E-state index is 13.4. The van der Waals surface area contributed by atoms with Gasteiger partial charge in [0.25, 0.3) is 0 Å². The lowest BCUT2D eigenvalue weighted by atomic mass is 10.1. The van der Waals surface area contributed by atoms with Gasteiger partial charge in [-0.25, -0.2) is 22.7 Å². The Hall–Kier alpha value is -1.47. The number of benzene rings is 1. The largest absolute Gasteiger partial charge is 0.462 e. The van der Waals surface area contributed by atoms with E-state index in [1.54, 1.807) is 0 Å². The molecule has 19 heavy (non-hydrogen) atoms. The molecule has 0 aliphatic rings.